The van der Waals surface area contributed by atoms with Crippen LogP contribution in [0.4, 0.5) is 5.69 Å². The molecule has 5 rings (SSSR count). The van der Waals surface area contributed by atoms with Gasteiger partial charge < -0.3 is 36.0 Å². The molecule has 58 heavy (non-hydrogen) atoms. The first-order chi connectivity index (χ1) is 27.6. The lowest BCUT2D eigenvalue weighted by Crippen LogP contribution is -2.48. The van der Waals surface area contributed by atoms with Crippen LogP contribution in [-0.2, 0) is 46.5 Å². The maximum absolute atomic E-state index is 13.7. The first-order valence-electron chi connectivity index (χ1n) is 19.7. The average molecular weight is 794 g/mol. The summed E-state index contributed by atoms with van der Waals surface area (Å²) in [5, 5.41) is 19.8. The summed E-state index contributed by atoms with van der Waals surface area (Å²) in [5.41, 5.74) is 6.62. The second kappa shape index (κ2) is 19.6. The van der Waals surface area contributed by atoms with E-state index >= 15 is 0 Å². The van der Waals surface area contributed by atoms with Crippen molar-refractivity contribution in [1.29, 1.82) is 0 Å². The molecule has 1 aliphatic carbocycles. The van der Waals surface area contributed by atoms with Crippen molar-refractivity contribution >= 4 is 52.3 Å². The number of nitrogens with zero attached hydrogens (tertiary/aromatic N) is 1. The Morgan fingerprint density at radius 3 is 2.00 bits per heavy atom. The average Bonchev–Trinajstić information content (AvgIpc) is 3.16. The number of fused-ring (bicyclic) bond motifs is 4. The fourth-order valence-corrected chi connectivity index (χ4v) is 7.06. The Bertz CT molecular complexity index is 2030. The van der Waals surface area contributed by atoms with Crippen molar-refractivity contribution in [2.45, 2.75) is 78.8 Å². The molecule has 0 aromatic heterocycles. The smallest absolute Gasteiger partial charge is 0.326 e. The monoisotopic (exact) mass is 793 g/mol. The van der Waals surface area contributed by atoms with Crippen LogP contribution in [0.3, 0.4) is 0 Å². The SMILES string of the molecule is CC(C)(CNC(=O)CCC(=O)N1Cc2ccccc2C2=C(CC2)c2ccccc21)COCC(C)(C)CC(=O)NCC(=O)NCC(=O)N[C@@H](Cc1ccccc1)C(=O)O. The number of para-hydroxylation sites is 1. The molecule has 3 aromatic rings. The number of hydrogen-bond acceptors (Lipinski definition) is 7. The van der Waals surface area contributed by atoms with E-state index < -0.39 is 41.2 Å². The summed E-state index contributed by atoms with van der Waals surface area (Å²) < 4.78 is 5.99. The van der Waals surface area contributed by atoms with Crippen LogP contribution in [0.25, 0.3) is 11.1 Å². The number of rotatable bonds is 19. The van der Waals surface area contributed by atoms with Crippen LogP contribution in [0.5, 0.6) is 0 Å². The fourth-order valence-electron chi connectivity index (χ4n) is 7.06. The van der Waals surface area contributed by atoms with Gasteiger partial charge >= 0.3 is 5.97 Å². The molecule has 0 saturated heterocycles. The molecule has 1 atom stereocenters. The third-order valence-electron chi connectivity index (χ3n) is 10.2. The van der Waals surface area contributed by atoms with E-state index in [0.29, 0.717) is 19.7 Å². The minimum absolute atomic E-state index is 0.0529. The topological polar surface area (TPSA) is 183 Å². The maximum Gasteiger partial charge on any atom is 0.326 e. The zero-order valence-corrected chi connectivity index (χ0v) is 33.8. The van der Waals surface area contributed by atoms with Gasteiger partial charge in [0.25, 0.3) is 0 Å². The molecule has 0 fully saturated rings. The highest BCUT2D eigenvalue weighted by Gasteiger charge is 2.31. The summed E-state index contributed by atoms with van der Waals surface area (Å²) in [4.78, 5) is 77.4. The van der Waals surface area contributed by atoms with Gasteiger partial charge in [-0.1, -0.05) is 100 Å². The Kier molecular flexibility index (Phi) is 14.6. The molecule has 1 aliphatic heterocycles. The molecule has 0 spiro atoms. The summed E-state index contributed by atoms with van der Waals surface area (Å²) in [6.07, 6.45) is 2.28. The van der Waals surface area contributed by atoms with Gasteiger partial charge in [-0.05, 0) is 52.2 Å². The molecule has 0 saturated carbocycles. The number of carboxylic acids is 1. The van der Waals surface area contributed by atoms with Crippen LogP contribution < -0.4 is 26.2 Å². The predicted octanol–water partition coefficient (Wildman–Crippen LogP) is 4.64. The van der Waals surface area contributed by atoms with Crippen molar-refractivity contribution in [3.63, 3.8) is 0 Å². The third-order valence-corrected chi connectivity index (χ3v) is 10.2. The molecule has 2 aliphatic rings. The largest absolute Gasteiger partial charge is 0.480 e. The van der Waals surface area contributed by atoms with E-state index in [1.807, 2.05) is 62.9 Å². The van der Waals surface area contributed by atoms with Gasteiger partial charge in [0.1, 0.15) is 6.04 Å². The van der Waals surface area contributed by atoms with Crippen LogP contribution in [0.2, 0.25) is 0 Å². The van der Waals surface area contributed by atoms with Crippen molar-refractivity contribution < 1.29 is 38.6 Å². The predicted molar refractivity (Wildman–Crippen MR) is 221 cm³/mol. The van der Waals surface area contributed by atoms with Gasteiger partial charge in [0, 0.05) is 43.2 Å². The van der Waals surface area contributed by atoms with E-state index in [2.05, 4.69) is 39.5 Å². The number of anilines is 1. The molecule has 0 unspecified atom stereocenters. The molecule has 308 valence electrons. The zero-order valence-electron chi connectivity index (χ0n) is 33.8. The Balaban J connectivity index is 0.985. The molecular formula is C45H55N5O8. The highest BCUT2D eigenvalue weighted by Crippen LogP contribution is 2.48. The quantitative estimate of drug-likeness (QED) is 0.116. The highest BCUT2D eigenvalue weighted by atomic mass is 16.5. The molecule has 0 bridgehead atoms. The van der Waals surface area contributed by atoms with Crippen molar-refractivity contribution in [3.05, 3.63) is 101 Å². The number of ether oxygens (including phenoxy) is 1. The molecular weight excluding hydrogens is 739 g/mol. The van der Waals surface area contributed by atoms with Crippen LogP contribution >= 0.6 is 0 Å². The zero-order chi connectivity index (χ0) is 41.9. The molecule has 5 amide bonds. The summed E-state index contributed by atoms with van der Waals surface area (Å²) in [6.45, 7) is 8.16. The van der Waals surface area contributed by atoms with Gasteiger partial charge in [-0.3, -0.25) is 24.0 Å². The lowest BCUT2D eigenvalue weighted by atomic mass is 9.77. The second-order valence-corrected chi connectivity index (χ2v) is 16.6. The lowest BCUT2D eigenvalue weighted by Gasteiger charge is -2.35. The second-order valence-electron chi connectivity index (χ2n) is 16.6. The number of carboxylic acid groups (broad SMARTS) is 1. The first-order valence-corrected chi connectivity index (χ1v) is 19.7. The Labute approximate surface area is 340 Å². The number of hydrogen-bond donors (Lipinski definition) is 5. The third kappa shape index (κ3) is 12.3. The first kappa shape index (κ1) is 43.3. The molecule has 3 aromatic carbocycles. The molecule has 1 heterocycles. The van der Waals surface area contributed by atoms with Gasteiger partial charge in [-0.15, -0.1) is 0 Å². The summed E-state index contributed by atoms with van der Waals surface area (Å²) in [5.74, 6) is -3.17. The van der Waals surface area contributed by atoms with E-state index in [1.165, 1.54) is 16.7 Å². The fraction of sp³-hybridized carbons (Fsp3) is 0.422. The van der Waals surface area contributed by atoms with Gasteiger partial charge in [0.05, 0.1) is 38.5 Å². The number of aliphatic carboxylic acids is 1. The molecule has 5 N–H and O–H groups in total. The van der Waals surface area contributed by atoms with Crippen molar-refractivity contribution in [1.82, 2.24) is 21.3 Å². The molecule has 0 radical (unpaired) electrons. The Morgan fingerprint density at radius 1 is 0.690 bits per heavy atom. The normalized spacial score (nSPS) is 14.0. The highest BCUT2D eigenvalue weighted by molar-refractivity contribution is 6.05. The Hall–Kier alpha value is -5.82. The Morgan fingerprint density at radius 2 is 1.29 bits per heavy atom. The summed E-state index contributed by atoms with van der Waals surface area (Å²) in [7, 11) is 0. The van der Waals surface area contributed by atoms with Gasteiger partial charge in [-0.25, -0.2) is 4.79 Å². The van der Waals surface area contributed by atoms with Crippen molar-refractivity contribution in [2.24, 2.45) is 10.8 Å². The van der Waals surface area contributed by atoms with Gasteiger partial charge in [0.2, 0.25) is 29.5 Å². The van der Waals surface area contributed by atoms with Crippen molar-refractivity contribution in [2.75, 3.05) is 37.7 Å². The van der Waals surface area contributed by atoms with Crippen LogP contribution in [-0.4, -0.2) is 79.5 Å². The number of carbonyl (C=O) groups excluding carboxylic acids is 5. The van der Waals surface area contributed by atoms with Crippen molar-refractivity contribution in [3.8, 4) is 0 Å². The van der Waals surface area contributed by atoms with Gasteiger partial charge in [-0.2, -0.15) is 0 Å². The van der Waals surface area contributed by atoms with Crippen LogP contribution in [0.1, 0.15) is 82.1 Å². The molecule has 13 heteroatoms. The standard InChI is InChI=1S/C45H55N5O8/c1-44(2,23-39(52)46-24-40(53)47-25-41(54)49-36(43(56)57)22-30-12-6-5-7-13-30)28-58-29-45(3,4)27-48-38(51)20-21-42(55)50-26-31-14-8-9-15-32(31)33-18-19-34(33)35-16-10-11-17-37(35)50/h5-17,36H,18-29H2,1-4H3,(H,46,52)(H,47,53)(H,48,51)(H,49,54)(H,56,57)/t36-/m0/s1. The minimum atomic E-state index is -1.19. The van der Waals surface area contributed by atoms with Gasteiger partial charge in [0.15, 0.2) is 0 Å². The van der Waals surface area contributed by atoms with E-state index in [0.717, 1.165) is 35.2 Å². The summed E-state index contributed by atoms with van der Waals surface area (Å²) in [6, 6.07) is 24.0. The number of nitrogens with one attached hydrogen (secondary N) is 4. The number of allylic oxidation sites excluding steroid dienone is 2. The van der Waals surface area contributed by atoms with E-state index in [4.69, 9.17) is 4.74 Å². The lowest BCUT2D eigenvalue weighted by molar-refractivity contribution is -0.141. The van der Waals surface area contributed by atoms with E-state index in [9.17, 15) is 33.9 Å². The number of amides is 5. The maximum atomic E-state index is 13.7. The minimum Gasteiger partial charge on any atom is -0.480 e. The van der Waals surface area contributed by atoms with Crippen LogP contribution in [0.15, 0.2) is 78.9 Å². The molecule has 13 nitrogen and oxygen atoms in total. The number of benzene rings is 3. The number of carbonyl (C=O) groups is 6. The van der Waals surface area contributed by atoms with E-state index in [-0.39, 0.29) is 56.6 Å². The van der Waals surface area contributed by atoms with E-state index in [1.54, 1.807) is 30.3 Å². The van der Waals surface area contributed by atoms with Crippen LogP contribution in [0, 0.1) is 10.8 Å². The summed E-state index contributed by atoms with van der Waals surface area (Å²) >= 11 is 0.